The van der Waals surface area contributed by atoms with Crippen LogP contribution >= 0.6 is 15.9 Å². The van der Waals surface area contributed by atoms with Crippen molar-refractivity contribution in [3.63, 3.8) is 0 Å². The normalized spacial score (nSPS) is 11.5. The summed E-state index contributed by atoms with van der Waals surface area (Å²) in [5.41, 5.74) is 1.75. The van der Waals surface area contributed by atoms with E-state index in [1.54, 1.807) is 12.1 Å². The molecule has 0 heterocycles. The average Bonchev–Trinajstić information content (AvgIpc) is 2.61. The van der Waals surface area contributed by atoms with Crippen LogP contribution in [0.5, 0.6) is 11.5 Å². The second-order valence-electron chi connectivity index (χ2n) is 5.24. The van der Waals surface area contributed by atoms with Crippen LogP contribution in [0, 0.1) is 0 Å². The third kappa shape index (κ3) is 5.46. The number of nitrogens with one attached hydrogen (secondary N) is 1. The zero-order valence-electron chi connectivity index (χ0n) is 14.4. The smallest absolute Gasteiger partial charge is 0.416 e. The van der Waals surface area contributed by atoms with Crippen molar-refractivity contribution in [3.8, 4) is 11.5 Å². The molecule has 0 saturated heterocycles. The number of nitrogens with zero attached hydrogens (tertiary/aromatic N) is 1. The van der Waals surface area contributed by atoms with Crippen molar-refractivity contribution < 1.29 is 27.4 Å². The van der Waals surface area contributed by atoms with Crippen molar-refractivity contribution in [1.29, 1.82) is 0 Å². The Morgan fingerprint density at radius 2 is 2.04 bits per heavy atom. The first-order valence-electron chi connectivity index (χ1n) is 7.77. The summed E-state index contributed by atoms with van der Waals surface area (Å²) in [5.74, 6) is 0.247. The van der Waals surface area contributed by atoms with Gasteiger partial charge in [0.15, 0.2) is 11.5 Å². The Kier molecular flexibility index (Phi) is 6.84. The minimum absolute atomic E-state index is 0.145. The Balaban J connectivity index is 2.14. The first-order valence-corrected chi connectivity index (χ1v) is 8.56. The second kappa shape index (κ2) is 8.90. The van der Waals surface area contributed by atoms with Crippen LogP contribution in [0.25, 0.3) is 0 Å². The molecule has 0 spiro atoms. The first-order chi connectivity index (χ1) is 12.8. The van der Waals surface area contributed by atoms with Crippen molar-refractivity contribution in [1.82, 2.24) is 5.43 Å². The summed E-state index contributed by atoms with van der Waals surface area (Å²) in [6, 6.07) is 7.45. The number of alkyl halides is 3. The fourth-order valence-corrected chi connectivity index (χ4v) is 2.81. The van der Waals surface area contributed by atoms with E-state index in [4.69, 9.17) is 9.47 Å². The van der Waals surface area contributed by atoms with Crippen LogP contribution < -0.4 is 14.9 Å². The minimum Gasteiger partial charge on any atom is -0.492 e. The number of amides is 1. The molecule has 0 atom stereocenters. The lowest BCUT2D eigenvalue weighted by atomic mass is 10.1. The van der Waals surface area contributed by atoms with Crippen LogP contribution in [0.3, 0.4) is 0 Å². The van der Waals surface area contributed by atoms with E-state index in [1.165, 1.54) is 19.4 Å². The molecule has 2 aromatic rings. The van der Waals surface area contributed by atoms with E-state index < -0.39 is 17.6 Å². The molecule has 0 unspecified atom stereocenters. The molecule has 1 N–H and O–H groups in total. The van der Waals surface area contributed by atoms with Crippen molar-refractivity contribution >= 4 is 28.1 Å². The maximum Gasteiger partial charge on any atom is 0.416 e. The molecule has 0 aromatic heterocycles. The first kappa shape index (κ1) is 20.8. The van der Waals surface area contributed by atoms with E-state index in [0.717, 1.165) is 18.2 Å². The molecule has 0 saturated carbocycles. The van der Waals surface area contributed by atoms with E-state index in [-0.39, 0.29) is 5.56 Å². The van der Waals surface area contributed by atoms with Crippen LogP contribution in [0.2, 0.25) is 0 Å². The topological polar surface area (TPSA) is 59.9 Å². The lowest BCUT2D eigenvalue weighted by molar-refractivity contribution is -0.137. The highest BCUT2D eigenvalue weighted by Gasteiger charge is 2.30. The minimum atomic E-state index is -4.52. The number of rotatable bonds is 6. The van der Waals surface area contributed by atoms with E-state index in [0.29, 0.717) is 28.1 Å². The van der Waals surface area contributed by atoms with E-state index in [9.17, 15) is 18.0 Å². The molecule has 9 heteroatoms. The number of methoxy groups -OCH3 is 1. The number of ether oxygens (including phenoxy) is 2. The zero-order chi connectivity index (χ0) is 20.0. The van der Waals surface area contributed by atoms with Crippen molar-refractivity contribution in [3.05, 3.63) is 57.6 Å². The molecular formula is C18H16BrF3N2O3. The molecule has 144 valence electrons. The maximum absolute atomic E-state index is 12.7. The molecule has 1 amide bonds. The summed E-state index contributed by atoms with van der Waals surface area (Å²) in [7, 11) is 1.51. The second-order valence-corrected chi connectivity index (χ2v) is 6.10. The van der Waals surface area contributed by atoms with Gasteiger partial charge in [-0.3, -0.25) is 4.79 Å². The van der Waals surface area contributed by atoms with Gasteiger partial charge in [0.05, 0.1) is 30.0 Å². The fourth-order valence-electron chi connectivity index (χ4n) is 2.19. The maximum atomic E-state index is 12.7. The molecule has 2 aromatic carbocycles. The van der Waals surface area contributed by atoms with Gasteiger partial charge in [0.2, 0.25) is 0 Å². The number of halogens is 4. The standard InChI is InChI=1S/C18H16BrF3N2O3/c1-3-27-15-8-11(7-14(19)16(15)26-2)10-23-24-17(25)12-5-4-6-13(9-12)18(20,21)22/h4-10H,3H2,1-2H3,(H,24,25)/b23-10-. The third-order valence-electron chi connectivity index (χ3n) is 3.37. The molecule has 2 rings (SSSR count). The quantitative estimate of drug-likeness (QED) is 0.521. The van der Waals surface area contributed by atoms with Gasteiger partial charge in [0.1, 0.15) is 0 Å². The number of hydrogen-bond donors (Lipinski definition) is 1. The molecule has 0 aliphatic carbocycles. The number of hydrazone groups is 1. The predicted octanol–water partition coefficient (Wildman–Crippen LogP) is 4.64. The molecule has 0 bridgehead atoms. The molecule has 27 heavy (non-hydrogen) atoms. The van der Waals surface area contributed by atoms with E-state index >= 15 is 0 Å². The Bertz CT molecular complexity index is 854. The van der Waals surface area contributed by atoms with Crippen LogP contribution in [0.15, 0.2) is 46.0 Å². The zero-order valence-corrected chi connectivity index (χ0v) is 16.0. The van der Waals surface area contributed by atoms with Crippen molar-refractivity contribution in [2.75, 3.05) is 13.7 Å². The summed E-state index contributed by atoms with van der Waals surface area (Å²) < 4.78 is 49.5. The Hall–Kier alpha value is -2.55. The number of carbonyl (C=O) groups is 1. The largest absolute Gasteiger partial charge is 0.492 e. The lowest BCUT2D eigenvalue weighted by Gasteiger charge is -2.11. The van der Waals surface area contributed by atoms with Crippen LogP contribution in [0.1, 0.15) is 28.4 Å². The van der Waals surface area contributed by atoms with Crippen LogP contribution in [-0.2, 0) is 6.18 Å². The van der Waals surface area contributed by atoms with Gasteiger partial charge in [-0.05, 0) is 58.7 Å². The molecule has 0 radical (unpaired) electrons. The number of benzene rings is 2. The third-order valence-corrected chi connectivity index (χ3v) is 3.96. The van der Waals surface area contributed by atoms with Gasteiger partial charge in [-0.15, -0.1) is 0 Å². The van der Waals surface area contributed by atoms with Crippen molar-refractivity contribution in [2.45, 2.75) is 13.1 Å². The molecular weight excluding hydrogens is 429 g/mol. The summed E-state index contributed by atoms with van der Waals surface area (Å²) >= 11 is 3.35. The number of hydrogen-bond acceptors (Lipinski definition) is 4. The van der Waals surface area contributed by atoms with Crippen LogP contribution in [-0.4, -0.2) is 25.8 Å². The Labute approximate surface area is 162 Å². The van der Waals surface area contributed by atoms with Gasteiger partial charge in [-0.2, -0.15) is 18.3 Å². The van der Waals surface area contributed by atoms with Crippen LogP contribution in [0.4, 0.5) is 13.2 Å². The van der Waals surface area contributed by atoms with Gasteiger partial charge >= 0.3 is 6.18 Å². The van der Waals surface area contributed by atoms with Gasteiger partial charge in [-0.25, -0.2) is 5.43 Å². The highest BCUT2D eigenvalue weighted by Crippen LogP contribution is 2.36. The predicted molar refractivity (Wildman–Crippen MR) is 98.4 cm³/mol. The van der Waals surface area contributed by atoms with Gasteiger partial charge in [-0.1, -0.05) is 6.07 Å². The Morgan fingerprint density at radius 1 is 1.30 bits per heavy atom. The van der Waals surface area contributed by atoms with Gasteiger partial charge < -0.3 is 9.47 Å². The molecule has 0 aliphatic rings. The lowest BCUT2D eigenvalue weighted by Crippen LogP contribution is -2.18. The highest BCUT2D eigenvalue weighted by atomic mass is 79.9. The summed E-state index contributed by atoms with van der Waals surface area (Å²) in [6.45, 7) is 2.25. The van der Waals surface area contributed by atoms with Gasteiger partial charge in [0, 0.05) is 5.56 Å². The highest BCUT2D eigenvalue weighted by molar-refractivity contribution is 9.10. The molecule has 0 fully saturated rings. The Morgan fingerprint density at radius 3 is 2.67 bits per heavy atom. The summed E-state index contributed by atoms with van der Waals surface area (Å²) in [4.78, 5) is 12.0. The fraction of sp³-hybridized carbons (Fsp3) is 0.222. The van der Waals surface area contributed by atoms with Gasteiger partial charge in [0.25, 0.3) is 5.91 Å². The monoisotopic (exact) mass is 444 g/mol. The number of carbonyl (C=O) groups excluding carboxylic acids is 1. The SMILES string of the molecule is CCOc1cc(/C=N\NC(=O)c2cccc(C(F)(F)F)c2)cc(Br)c1OC. The summed E-state index contributed by atoms with van der Waals surface area (Å²) in [5, 5.41) is 3.78. The van der Waals surface area contributed by atoms with Crippen molar-refractivity contribution in [2.24, 2.45) is 5.10 Å². The molecule has 0 aliphatic heterocycles. The van der Waals surface area contributed by atoms with E-state index in [1.807, 2.05) is 6.92 Å². The average molecular weight is 445 g/mol. The molecule has 5 nitrogen and oxygen atoms in total. The summed E-state index contributed by atoms with van der Waals surface area (Å²) in [6.07, 6.45) is -3.18. The van der Waals surface area contributed by atoms with E-state index in [2.05, 4.69) is 26.5 Å².